The second-order valence-electron chi connectivity index (χ2n) is 19.8. The van der Waals surface area contributed by atoms with E-state index in [0.29, 0.717) is 0 Å². The lowest BCUT2D eigenvalue weighted by Crippen LogP contribution is -2.33. The first-order valence-corrected chi connectivity index (χ1v) is 24.3. The number of ether oxygens (including phenoxy) is 1. The van der Waals surface area contributed by atoms with Gasteiger partial charge in [0.15, 0.2) is 0 Å². The molecule has 0 fully saturated rings. The number of hydrogen-bond donors (Lipinski definition) is 0. The summed E-state index contributed by atoms with van der Waals surface area (Å²) in [7, 11) is 0. The van der Waals surface area contributed by atoms with Crippen LogP contribution in [0.1, 0.15) is 59.2 Å². The number of rotatable bonds is 4. The van der Waals surface area contributed by atoms with Crippen molar-refractivity contribution in [3.8, 4) is 33.8 Å². The summed E-state index contributed by atoms with van der Waals surface area (Å²) < 4.78 is 13.8. The third-order valence-electron chi connectivity index (χ3n) is 16.0. The number of para-hydroxylation sites is 2. The first-order valence-electron chi connectivity index (χ1n) is 24.3. The molecular formula is C66H45NO2. The molecule has 0 radical (unpaired) electrons. The SMILES string of the molecule is CC1(C)c2ccccc2-c2ccc(N(c3ccc4c(c3)-c3ccccc3C43c4ccc5ccccc5c4Oc4c3ccc3ccccc43)C3C=CC(c4cccc5c4oc4ccccc45)=CC3)cc21. The molecule has 1 aromatic heterocycles. The third kappa shape index (κ3) is 5.22. The van der Waals surface area contributed by atoms with Crippen molar-refractivity contribution in [3.05, 3.63) is 257 Å². The van der Waals surface area contributed by atoms with Crippen LogP contribution in [0.2, 0.25) is 0 Å². The smallest absolute Gasteiger partial charge is 0.143 e. The highest BCUT2D eigenvalue weighted by Crippen LogP contribution is 2.64. The van der Waals surface area contributed by atoms with Crippen molar-refractivity contribution < 1.29 is 9.15 Å². The van der Waals surface area contributed by atoms with Gasteiger partial charge in [0.05, 0.1) is 11.5 Å². The standard InChI is InChI=1S/C66H45NO2/c1-65(2)55-23-10-7-18-49(55)51-34-32-45(39-60(51)65)67(43-30-26-42(27-31-43)46-21-13-22-53-52-20-9-12-25-61(52)68-62(46)53)44-33-37-57-54(38-44)50-19-8-11-24-56(50)66(57)58-35-28-40-14-3-5-16-47(40)63(58)69-64-48-17-6-4-15-41(48)29-36-59(64)66/h3-30,32-39,43H,31H2,1-2H3. The van der Waals surface area contributed by atoms with Crippen molar-refractivity contribution in [2.24, 2.45) is 0 Å². The van der Waals surface area contributed by atoms with E-state index in [-0.39, 0.29) is 11.5 Å². The summed E-state index contributed by atoms with van der Waals surface area (Å²) in [6.07, 6.45) is 7.96. The summed E-state index contributed by atoms with van der Waals surface area (Å²) in [4.78, 5) is 2.59. The molecule has 0 bridgehead atoms. The summed E-state index contributed by atoms with van der Waals surface area (Å²) in [5, 5.41) is 6.87. The molecule has 0 saturated heterocycles. The van der Waals surface area contributed by atoms with Crippen LogP contribution in [0.3, 0.4) is 0 Å². The molecule has 0 saturated carbocycles. The summed E-state index contributed by atoms with van der Waals surface area (Å²) in [6.45, 7) is 4.75. The summed E-state index contributed by atoms with van der Waals surface area (Å²) in [5.74, 6) is 1.86. The lowest BCUT2D eigenvalue weighted by atomic mass is 9.65. The van der Waals surface area contributed by atoms with E-state index >= 15 is 0 Å². The molecule has 0 amide bonds. The first kappa shape index (κ1) is 38.7. The van der Waals surface area contributed by atoms with Crippen LogP contribution in [-0.4, -0.2) is 6.04 Å². The highest BCUT2D eigenvalue weighted by Gasteiger charge is 2.52. The largest absolute Gasteiger partial charge is 0.455 e. The maximum atomic E-state index is 7.25. The van der Waals surface area contributed by atoms with Gasteiger partial charge in [-0.25, -0.2) is 0 Å². The minimum atomic E-state index is -0.615. The van der Waals surface area contributed by atoms with Gasteiger partial charge in [0.1, 0.15) is 22.7 Å². The van der Waals surface area contributed by atoms with E-state index in [9.17, 15) is 0 Å². The fourth-order valence-electron chi connectivity index (χ4n) is 12.9. The molecule has 10 aromatic carbocycles. The number of benzene rings is 10. The Bertz CT molecular complexity index is 4000. The van der Waals surface area contributed by atoms with Gasteiger partial charge in [-0.2, -0.15) is 0 Å². The van der Waals surface area contributed by atoms with Gasteiger partial charge in [-0.1, -0.05) is 202 Å². The second kappa shape index (κ2) is 14.1. The molecule has 3 heteroatoms. The minimum absolute atomic E-state index is 0.0412. The highest BCUT2D eigenvalue weighted by molar-refractivity contribution is 6.09. The molecule has 1 spiro atoms. The Morgan fingerprint density at radius 3 is 1.75 bits per heavy atom. The number of furan rings is 1. The van der Waals surface area contributed by atoms with Crippen LogP contribution < -0.4 is 9.64 Å². The van der Waals surface area contributed by atoms with Crippen molar-refractivity contribution in [3.63, 3.8) is 0 Å². The van der Waals surface area contributed by atoms with Crippen molar-refractivity contribution in [2.45, 2.75) is 37.1 Å². The predicted molar refractivity (Wildman–Crippen MR) is 284 cm³/mol. The third-order valence-corrected chi connectivity index (χ3v) is 16.0. The molecule has 69 heavy (non-hydrogen) atoms. The minimum Gasteiger partial charge on any atom is -0.455 e. The van der Waals surface area contributed by atoms with Crippen LogP contribution in [0.15, 0.2) is 223 Å². The zero-order valence-electron chi connectivity index (χ0n) is 38.3. The normalized spacial score (nSPS) is 16.4. The first-order chi connectivity index (χ1) is 34.0. The van der Waals surface area contributed by atoms with Crippen molar-refractivity contribution in [1.29, 1.82) is 0 Å². The maximum absolute atomic E-state index is 7.25. The topological polar surface area (TPSA) is 25.6 Å². The molecule has 1 unspecified atom stereocenters. The van der Waals surface area contributed by atoms with Crippen LogP contribution >= 0.6 is 0 Å². The predicted octanol–water partition coefficient (Wildman–Crippen LogP) is 17.2. The zero-order valence-corrected chi connectivity index (χ0v) is 38.3. The molecular weight excluding hydrogens is 839 g/mol. The Balaban J connectivity index is 0.932. The van der Waals surface area contributed by atoms with Crippen molar-refractivity contribution in [2.75, 3.05) is 4.90 Å². The van der Waals surface area contributed by atoms with Gasteiger partial charge in [0, 0.05) is 55.0 Å². The van der Waals surface area contributed by atoms with Crippen LogP contribution in [0, 0.1) is 0 Å². The average Bonchev–Trinajstić information content (AvgIpc) is 4.00. The molecule has 1 aliphatic heterocycles. The Labute approximate surface area is 400 Å². The molecule has 15 rings (SSSR count). The van der Waals surface area contributed by atoms with E-state index in [4.69, 9.17) is 9.15 Å². The quantitative estimate of drug-likeness (QED) is 0.176. The lowest BCUT2D eigenvalue weighted by Gasteiger charge is -2.40. The van der Waals surface area contributed by atoms with Gasteiger partial charge >= 0.3 is 0 Å². The molecule has 1 atom stereocenters. The molecule has 11 aromatic rings. The zero-order chi connectivity index (χ0) is 45.6. The second-order valence-corrected chi connectivity index (χ2v) is 19.8. The van der Waals surface area contributed by atoms with E-state index in [1.807, 2.05) is 6.07 Å². The Hall–Kier alpha value is -8.40. The van der Waals surface area contributed by atoms with E-state index < -0.39 is 5.41 Å². The number of hydrogen-bond acceptors (Lipinski definition) is 3. The monoisotopic (exact) mass is 883 g/mol. The maximum Gasteiger partial charge on any atom is 0.143 e. The van der Waals surface area contributed by atoms with Crippen LogP contribution in [-0.2, 0) is 10.8 Å². The van der Waals surface area contributed by atoms with Gasteiger partial charge in [-0.3, -0.25) is 0 Å². The van der Waals surface area contributed by atoms with Gasteiger partial charge in [0.25, 0.3) is 0 Å². The number of fused-ring (bicyclic) bond motifs is 19. The van der Waals surface area contributed by atoms with Gasteiger partial charge < -0.3 is 14.1 Å². The van der Waals surface area contributed by atoms with Crippen LogP contribution in [0.5, 0.6) is 11.5 Å². The van der Waals surface area contributed by atoms with E-state index in [2.05, 4.69) is 231 Å². The fraction of sp³-hybridized carbons (Fsp3) is 0.0909. The number of allylic oxidation sites excluding steroid dienone is 2. The molecule has 0 N–H and O–H groups in total. The highest BCUT2D eigenvalue weighted by atomic mass is 16.5. The van der Waals surface area contributed by atoms with E-state index in [1.165, 1.54) is 77.7 Å². The summed E-state index contributed by atoms with van der Waals surface area (Å²) >= 11 is 0. The number of nitrogens with zero attached hydrogens (tertiary/aromatic N) is 1. The average molecular weight is 884 g/mol. The fourth-order valence-corrected chi connectivity index (χ4v) is 12.9. The van der Waals surface area contributed by atoms with Crippen molar-refractivity contribution >= 4 is 60.4 Å². The van der Waals surface area contributed by atoms with Gasteiger partial charge in [-0.15, -0.1) is 0 Å². The molecule has 3 nitrogen and oxygen atoms in total. The summed E-state index contributed by atoms with van der Waals surface area (Å²) in [6, 6.07) is 74.0. The van der Waals surface area contributed by atoms with Gasteiger partial charge in [0.2, 0.25) is 0 Å². The van der Waals surface area contributed by atoms with Gasteiger partial charge in [-0.05, 0) is 97.6 Å². The van der Waals surface area contributed by atoms with E-state index in [0.717, 1.165) is 61.9 Å². The number of anilines is 2. The van der Waals surface area contributed by atoms with Crippen LogP contribution in [0.25, 0.3) is 71.3 Å². The Morgan fingerprint density at radius 2 is 1.01 bits per heavy atom. The van der Waals surface area contributed by atoms with Crippen LogP contribution in [0.4, 0.5) is 11.4 Å². The molecule has 4 aliphatic rings. The molecule has 3 aliphatic carbocycles. The van der Waals surface area contributed by atoms with Crippen molar-refractivity contribution in [1.82, 2.24) is 0 Å². The molecule has 326 valence electrons. The Kier molecular flexibility index (Phi) is 7.89. The Morgan fingerprint density at radius 1 is 0.449 bits per heavy atom. The lowest BCUT2D eigenvalue weighted by molar-refractivity contribution is 0.447. The van der Waals surface area contributed by atoms with E-state index in [1.54, 1.807) is 0 Å². The summed E-state index contributed by atoms with van der Waals surface area (Å²) in [5.41, 5.74) is 18.5. The molecule has 2 heterocycles.